The number of carbonyl (C=O) groups excluding carboxylic acids is 1. The Hall–Kier alpha value is -0.580. The highest BCUT2D eigenvalue weighted by atomic mass is 32.2. The van der Waals surface area contributed by atoms with Gasteiger partial charge in [0.05, 0.1) is 24.5 Å². The molecule has 1 aliphatic rings. The van der Waals surface area contributed by atoms with E-state index < -0.39 is 21.1 Å². The smallest absolute Gasteiger partial charge is 0.306 e. The molecule has 0 bridgehead atoms. The van der Waals surface area contributed by atoms with Gasteiger partial charge < -0.3 is 4.74 Å². The molecular weight excluding hydrogens is 204 g/mol. The molecule has 0 saturated heterocycles. The fourth-order valence-corrected chi connectivity index (χ4v) is 2.93. The molecule has 0 aliphatic heterocycles. The third-order valence-electron chi connectivity index (χ3n) is 2.46. The molecule has 14 heavy (non-hydrogen) atoms. The first-order chi connectivity index (χ1) is 6.45. The Morgan fingerprint density at radius 3 is 2.50 bits per heavy atom. The van der Waals surface area contributed by atoms with Crippen LogP contribution in [0.4, 0.5) is 0 Å². The molecular formula is C9H16O4S. The molecule has 1 unspecified atom stereocenters. The van der Waals surface area contributed by atoms with E-state index in [9.17, 15) is 13.2 Å². The average molecular weight is 220 g/mol. The Balaban J connectivity index is 2.48. The zero-order chi connectivity index (χ0) is 10.8. The van der Waals surface area contributed by atoms with E-state index in [1.807, 2.05) is 0 Å². The van der Waals surface area contributed by atoms with Crippen LogP contribution in [0.2, 0.25) is 0 Å². The first kappa shape index (κ1) is 11.5. The first-order valence-corrected chi connectivity index (χ1v) is 6.45. The molecule has 0 aromatic rings. The molecule has 1 aliphatic carbocycles. The van der Waals surface area contributed by atoms with E-state index in [2.05, 4.69) is 4.74 Å². The Bertz CT molecular complexity index is 303. The summed E-state index contributed by atoms with van der Waals surface area (Å²) in [5.41, 5.74) is 0. The number of rotatable bonds is 5. The van der Waals surface area contributed by atoms with Crippen LogP contribution in [0, 0.1) is 5.92 Å². The minimum Gasteiger partial charge on any atom is -0.469 e. The number of hydrogen-bond acceptors (Lipinski definition) is 4. The molecule has 82 valence electrons. The molecule has 0 spiro atoms. The molecule has 0 aromatic carbocycles. The van der Waals surface area contributed by atoms with Gasteiger partial charge in [0.2, 0.25) is 0 Å². The van der Waals surface area contributed by atoms with Gasteiger partial charge in [0.15, 0.2) is 9.84 Å². The van der Waals surface area contributed by atoms with Gasteiger partial charge in [0, 0.05) is 0 Å². The molecule has 0 aromatic heterocycles. The summed E-state index contributed by atoms with van der Waals surface area (Å²) in [5.74, 6) is 0.0995. The normalized spacial score (nSPS) is 19.0. The number of methoxy groups -OCH3 is 1. The summed E-state index contributed by atoms with van der Waals surface area (Å²) in [4.78, 5) is 10.9. The fraction of sp³-hybridized carbons (Fsp3) is 0.889. The van der Waals surface area contributed by atoms with E-state index in [0.717, 1.165) is 12.8 Å². The van der Waals surface area contributed by atoms with Crippen molar-refractivity contribution in [2.75, 3.05) is 12.9 Å². The predicted molar refractivity (Wildman–Crippen MR) is 52.6 cm³/mol. The number of sulfone groups is 1. The van der Waals surface area contributed by atoms with Crippen molar-refractivity contribution in [3.63, 3.8) is 0 Å². The second-order valence-electron chi connectivity index (χ2n) is 3.86. The zero-order valence-electron chi connectivity index (χ0n) is 8.52. The van der Waals surface area contributed by atoms with E-state index in [-0.39, 0.29) is 12.2 Å². The molecule has 1 rings (SSSR count). The maximum absolute atomic E-state index is 11.6. The third-order valence-corrected chi connectivity index (χ3v) is 4.79. The number of hydrogen-bond donors (Lipinski definition) is 0. The summed E-state index contributed by atoms with van der Waals surface area (Å²) >= 11 is 0. The fourth-order valence-electron chi connectivity index (χ4n) is 1.22. The molecule has 0 amide bonds. The Labute approximate surface area is 84.6 Å². The molecule has 0 heterocycles. The second-order valence-corrected chi connectivity index (χ2v) is 6.33. The van der Waals surface area contributed by atoms with Crippen molar-refractivity contribution < 1.29 is 17.9 Å². The molecule has 1 atom stereocenters. The minimum atomic E-state index is -3.10. The SMILES string of the molecule is COC(=O)CC(C)S(=O)(=O)CC1CC1. The number of ether oxygens (including phenoxy) is 1. The van der Waals surface area contributed by atoms with E-state index in [1.54, 1.807) is 6.92 Å². The molecule has 5 heteroatoms. The highest BCUT2D eigenvalue weighted by Crippen LogP contribution is 2.31. The summed E-state index contributed by atoms with van der Waals surface area (Å²) in [6.45, 7) is 1.56. The monoisotopic (exact) mass is 220 g/mol. The Kier molecular flexibility index (Phi) is 3.53. The molecule has 0 radical (unpaired) electrons. The van der Waals surface area contributed by atoms with Crippen LogP contribution in [0.3, 0.4) is 0 Å². The van der Waals surface area contributed by atoms with Crippen LogP contribution in [-0.2, 0) is 19.4 Å². The topological polar surface area (TPSA) is 60.4 Å². The van der Waals surface area contributed by atoms with Crippen LogP contribution < -0.4 is 0 Å². The van der Waals surface area contributed by atoms with Crippen molar-refractivity contribution in [3.8, 4) is 0 Å². The van der Waals surface area contributed by atoms with Crippen LogP contribution in [0.1, 0.15) is 26.2 Å². The van der Waals surface area contributed by atoms with Crippen LogP contribution in [0.5, 0.6) is 0 Å². The number of carbonyl (C=O) groups is 1. The molecule has 1 fully saturated rings. The highest BCUT2D eigenvalue weighted by Gasteiger charge is 2.32. The summed E-state index contributed by atoms with van der Waals surface area (Å²) in [7, 11) is -1.84. The van der Waals surface area contributed by atoms with Gasteiger partial charge in [0.25, 0.3) is 0 Å². The van der Waals surface area contributed by atoms with E-state index >= 15 is 0 Å². The molecule has 0 N–H and O–H groups in total. The highest BCUT2D eigenvalue weighted by molar-refractivity contribution is 7.92. The van der Waals surface area contributed by atoms with Gasteiger partial charge in [-0.25, -0.2) is 8.42 Å². The van der Waals surface area contributed by atoms with Gasteiger partial charge in [-0.1, -0.05) is 0 Å². The van der Waals surface area contributed by atoms with E-state index in [4.69, 9.17) is 0 Å². The van der Waals surface area contributed by atoms with Gasteiger partial charge >= 0.3 is 5.97 Å². The number of esters is 1. The van der Waals surface area contributed by atoms with Crippen LogP contribution >= 0.6 is 0 Å². The zero-order valence-corrected chi connectivity index (χ0v) is 9.34. The van der Waals surface area contributed by atoms with E-state index in [0.29, 0.717) is 5.92 Å². The lowest BCUT2D eigenvalue weighted by Gasteiger charge is -2.10. The van der Waals surface area contributed by atoms with Gasteiger partial charge in [-0.05, 0) is 25.7 Å². The summed E-state index contributed by atoms with van der Waals surface area (Å²) in [6.07, 6.45) is 1.97. The molecule has 1 saturated carbocycles. The average Bonchev–Trinajstić information content (AvgIpc) is 2.87. The van der Waals surface area contributed by atoms with Gasteiger partial charge in [-0.3, -0.25) is 4.79 Å². The largest absolute Gasteiger partial charge is 0.469 e. The summed E-state index contributed by atoms with van der Waals surface area (Å²) < 4.78 is 27.7. The van der Waals surface area contributed by atoms with Crippen molar-refractivity contribution in [3.05, 3.63) is 0 Å². The van der Waals surface area contributed by atoms with Crippen LogP contribution in [0.25, 0.3) is 0 Å². The first-order valence-electron chi connectivity index (χ1n) is 4.74. The lowest BCUT2D eigenvalue weighted by Crippen LogP contribution is -2.25. The predicted octanol–water partition coefficient (Wildman–Crippen LogP) is 0.763. The third kappa shape index (κ3) is 3.29. The maximum atomic E-state index is 11.6. The van der Waals surface area contributed by atoms with Gasteiger partial charge in [-0.2, -0.15) is 0 Å². The lowest BCUT2D eigenvalue weighted by atomic mass is 10.3. The summed E-state index contributed by atoms with van der Waals surface area (Å²) in [6, 6.07) is 0. The lowest BCUT2D eigenvalue weighted by molar-refractivity contribution is -0.140. The Morgan fingerprint density at radius 1 is 1.50 bits per heavy atom. The second kappa shape index (κ2) is 4.29. The molecule has 4 nitrogen and oxygen atoms in total. The van der Waals surface area contributed by atoms with Gasteiger partial charge in [0.1, 0.15) is 0 Å². The standard InChI is InChI=1S/C9H16O4S/c1-7(5-9(10)13-2)14(11,12)6-8-3-4-8/h7-8H,3-6H2,1-2H3. The van der Waals surface area contributed by atoms with Crippen LogP contribution in [-0.4, -0.2) is 32.5 Å². The quantitative estimate of drug-likeness (QED) is 0.642. The minimum absolute atomic E-state index is 0.0362. The Morgan fingerprint density at radius 2 is 2.07 bits per heavy atom. The van der Waals surface area contributed by atoms with Crippen molar-refractivity contribution >= 4 is 15.8 Å². The van der Waals surface area contributed by atoms with Crippen molar-refractivity contribution in [2.45, 2.75) is 31.4 Å². The van der Waals surface area contributed by atoms with Crippen molar-refractivity contribution in [1.82, 2.24) is 0 Å². The maximum Gasteiger partial charge on any atom is 0.306 e. The van der Waals surface area contributed by atoms with Crippen molar-refractivity contribution in [1.29, 1.82) is 0 Å². The van der Waals surface area contributed by atoms with Crippen molar-refractivity contribution in [2.24, 2.45) is 5.92 Å². The van der Waals surface area contributed by atoms with E-state index in [1.165, 1.54) is 7.11 Å². The summed E-state index contributed by atoms with van der Waals surface area (Å²) in [5, 5.41) is -0.615. The van der Waals surface area contributed by atoms with Crippen LogP contribution in [0.15, 0.2) is 0 Å². The van der Waals surface area contributed by atoms with Gasteiger partial charge in [-0.15, -0.1) is 0 Å².